The van der Waals surface area contributed by atoms with Crippen LogP contribution in [0.15, 0.2) is 36.4 Å². The Labute approximate surface area is 157 Å². The van der Waals surface area contributed by atoms with Gasteiger partial charge < -0.3 is 19.6 Å². The van der Waals surface area contributed by atoms with Crippen LogP contribution in [0, 0.1) is 0 Å². The molecule has 0 fully saturated rings. The van der Waals surface area contributed by atoms with Crippen molar-refractivity contribution in [3.05, 3.63) is 42.0 Å². The van der Waals surface area contributed by atoms with Gasteiger partial charge in [0, 0.05) is 31.7 Å². The number of halogens is 2. The van der Waals surface area contributed by atoms with Gasteiger partial charge in [0.1, 0.15) is 6.10 Å². The van der Waals surface area contributed by atoms with Crippen molar-refractivity contribution in [2.24, 2.45) is 0 Å². The third kappa shape index (κ3) is 5.80. The van der Waals surface area contributed by atoms with Gasteiger partial charge in [0.15, 0.2) is 0 Å². The average molecular weight is 375 g/mol. The Bertz CT molecular complexity index is 621. The van der Waals surface area contributed by atoms with E-state index in [1.165, 1.54) is 0 Å². The van der Waals surface area contributed by atoms with E-state index in [0.29, 0.717) is 13.2 Å². The third-order valence-electron chi connectivity index (χ3n) is 3.73. The summed E-state index contributed by atoms with van der Waals surface area (Å²) in [6.45, 7) is 1.80. The van der Waals surface area contributed by atoms with E-state index < -0.39 is 6.10 Å². The van der Waals surface area contributed by atoms with Crippen molar-refractivity contribution in [1.82, 2.24) is 4.90 Å². The molecule has 0 aromatic heterocycles. The van der Waals surface area contributed by atoms with Gasteiger partial charge in [-0.05, 0) is 31.1 Å². The Kier molecular flexibility index (Phi) is 10.3. The molecule has 0 aliphatic carbocycles. The van der Waals surface area contributed by atoms with Crippen LogP contribution in [-0.2, 0) is 4.74 Å². The lowest BCUT2D eigenvalue weighted by atomic mass is 9.99. The molecule has 6 heteroatoms. The van der Waals surface area contributed by atoms with E-state index >= 15 is 0 Å². The maximum atomic E-state index is 10.5. The minimum Gasteiger partial charge on any atom is -0.386 e. The molecule has 24 heavy (non-hydrogen) atoms. The monoisotopic (exact) mass is 374 g/mol. The Morgan fingerprint density at radius 2 is 1.58 bits per heavy atom. The number of ether oxygens (including phenoxy) is 1. The fourth-order valence-corrected chi connectivity index (χ4v) is 2.52. The fraction of sp³-hybridized carbons (Fsp3) is 0.444. The zero-order valence-corrected chi connectivity index (χ0v) is 16.4. The van der Waals surface area contributed by atoms with Crippen LogP contribution in [0.3, 0.4) is 0 Å². The van der Waals surface area contributed by atoms with E-state index in [0.717, 1.165) is 28.6 Å². The predicted octanol–water partition coefficient (Wildman–Crippen LogP) is 3.36. The molecule has 0 aliphatic heterocycles. The number of likely N-dealkylation sites (N-methyl/N-ethyl adjacent to an activating group) is 1. The molecule has 2 rings (SSSR count). The summed E-state index contributed by atoms with van der Waals surface area (Å²) in [5.74, 6) is 0. The van der Waals surface area contributed by atoms with E-state index in [4.69, 9.17) is 4.74 Å². The highest BCUT2D eigenvalue weighted by Crippen LogP contribution is 2.31. The third-order valence-corrected chi connectivity index (χ3v) is 3.73. The van der Waals surface area contributed by atoms with Crippen molar-refractivity contribution in [2.75, 3.05) is 52.8 Å². The quantitative estimate of drug-likeness (QED) is 0.753. The van der Waals surface area contributed by atoms with Crippen LogP contribution in [0.1, 0.15) is 11.7 Å². The van der Waals surface area contributed by atoms with Crippen molar-refractivity contribution in [3.63, 3.8) is 0 Å². The number of hydrogen-bond acceptors (Lipinski definition) is 4. The average Bonchev–Trinajstić information content (AvgIpc) is 2.49. The molecule has 0 aliphatic rings. The van der Waals surface area contributed by atoms with Gasteiger partial charge >= 0.3 is 0 Å². The van der Waals surface area contributed by atoms with Crippen LogP contribution in [0.4, 0.5) is 5.69 Å². The SMILES string of the molecule is CN(C)CCOCC(O)c1ccc(N(C)C)c2ccccc12.Cl.Cl. The first-order valence-corrected chi connectivity index (χ1v) is 7.60. The van der Waals surface area contributed by atoms with Crippen LogP contribution in [-0.4, -0.2) is 58.0 Å². The molecule has 136 valence electrons. The Morgan fingerprint density at radius 1 is 0.958 bits per heavy atom. The predicted molar refractivity (Wildman–Crippen MR) is 107 cm³/mol. The topological polar surface area (TPSA) is 35.9 Å². The first-order valence-electron chi connectivity index (χ1n) is 7.60. The zero-order chi connectivity index (χ0) is 16.1. The molecule has 0 saturated heterocycles. The van der Waals surface area contributed by atoms with Gasteiger partial charge in [-0.25, -0.2) is 0 Å². The van der Waals surface area contributed by atoms with E-state index in [1.54, 1.807) is 0 Å². The van der Waals surface area contributed by atoms with Gasteiger partial charge in [-0.15, -0.1) is 24.8 Å². The second-order valence-electron chi connectivity index (χ2n) is 6.01. The molecule has 0 heterocycles. The number of nitrogens with zero attached hydrogens (tertiary/aromatic N) is 2. The molecule has 1 atom stereocenters. The second kappa shape index (κ2) is 10.7. The Hall–Kier alpha value is -1.04. The smallest absolute Gasteiger partial charge is 0.103 e. The van der Waals surface area contributed by atoms with Gasteiger partial charge in [0.05, 0.1) is 13.2 Å². The Morgan fingerprint density at radius 3 is 2.17 bits per heavy atom. The highest BCUT2D eigenvalue weighted by Gasteiger charge is 2.14. The van der Waals surface area contributed by atoms with E-state index in [-0.39, 0.29) is 24.8 Å². The summed E-state index contributed by atoms with van der Waals surface area (Å²) >= 11 is 0. The minimum absolute atomic E-state index is 0. The summed E-state index contributed by atoms with van der Waals surface area (Å²) in [5, 5.41) is 12.7. The van der Waals surface area contributed by atoms with E-state index in [2.05, 4.69) is 28.0 Å². The van der Waals surface area contributed by atoms with E-state index in [9.17, 15) is 5.11 Å². The van der Waals surface area contributed by atoms with Crippen molar-refractivity contribution in [1.29, 1.82) is 0 Å². The fourth-order valence-electron chi connectivity index (χ4n) is 2.52. The second-order valence-corrected chi connectivity index (χ2v) is 6.01. The molecular formula is C18H28Cl2N2O2. The molecule has 0 saturated carbocycles. The normalized spacial score (nSPS) is 11.8. The molecule has 1 N–H and O–H groups in total. The van der Waals surface area contributed by atoms with Gasteiger partial charge in [0.25, 0.3) is 0 Å². The van der Waals surface area contributed by atoms with Crippen molar-refractivity contribution in [2.45, 2.75) is 6.10 Å². The Balaban J connectivity index is 0.00000264. The lowest BCUT2D eigenvalue weighted by Gasteiger charge is -2.20. The summed E-state index contributed by atoms with van der Waals surface area (Å²) in [6.07, 6.45) is -0.608. The molecule has 0 amide bonds. The van der Waals surface area contributed by atoms with Crippen molar-refractivity contribution in [3.8, 4) is 0 Å². The summed E-state index contributed by atoms with van der Waals surface area (Å²) in [6, 6.07) is 12.2. The van der Waals surface area contributed by atoms with Crippen LogP contribution in [0.2, 0.25) is 0 Å². The van der Waals surface area contributed by atoms with Gasteiger partial charge in [-0.3, -0.25) is 0 Å². The maximum absolute atomic E-state index is 10.5. The molecular weight excluding hydrogens is 347 g/mol. The van der Waals surface area contributed by atoms with Crippen molar-refractivity contribution < 1.29 is 9.84 Å². The molecule has 0 bridgehead atoms. The number of fused-ring (bicyclic) bond motifs is 1. The highest BCUT2D eigenvalue weighted by molar-refractivity contribution is 5.96. The first-order chi connectivity index (χ1) is 10.5. The van der Waals surface area contributed by atoms with Crippen LogP contribution in [0.25, 0.3) is 10.8 Å². The van der Waals surface area contributed by atoms with Crippen LogP contribution < -0.4 is 4.90 Å². The molecule has 2 aromatic rings. The molecule has 0 spiro atoms. The molecule has 2 aromatic carbocycles. The number of aliphatic hydroxyl groups excluding tert-OH is 1. The lowest BCUT2D eigenvalue weighted by molar-refractivity contribution is 0.0313. The molecule has 0 radical (unpaired) electrons. The summed E-state index contributed by atoms with van der Waals surface area (Å²) in [7, 11) is 8.07. The molecule has 4 nitrogen and oxygen atoms in total. The lowest BCUT2D eigenvalue weighted by Crippen LogP contribution is -2.19. The van der Waals surface area contributed by atoms with Crippen LogP contribution in [0.5, 0.6) is 0 Å². The molecule has 1 unspecified atom stereocenters. The van der Waals surface area contributed by atoms with Gasteiger partial charge in [0.2, 0.25) is 0 Å². The summed E-state index contributed by atoms with van der Waals surface area (Å²) in [5.41, 5.74) is 2.08. The zero-order valence-electron chi connectivity index (χ0n) is 14.7. The summed E-state index contributed by atoms with van der Waals surface area (Å²) < 4.78 is 5.59. The number of rotatable bonds is 7. The number of hydrogen-bond donors (Lipinski definition) is 1. The minimum atomic E-state index is -0.608. The number of anilines is 1. The highest BCUT2D eigenvalue weighted by atomic mass is 35.5. The summed E-state index contributed by atoms with van der Waals surface area (Å²) in [4.78, 5) is 4.15. The number of benzene rings is 2. The number of aliphatic hydroxyl groups is 1. The van der Waals surface area contributed by atoms with Crippen molar-refractivity contribution >= 4 is 41.3 Å². The largest absolute Gasteiger partial charge is 0.386 e. The first kappa shape index (κ1) is 23.0. The van der Waals surface area contributed by atoms with E-state index in [1.807, 2.05) is 46.4 Å². The van der Waals surface area contributed by atoms with Gasteiger partial charge in [-0.2, -0.15) is 0 Å². The van der Waals surface area contributed by atoms with Gasteiger partial charge in [-0.1, -0.05) is 30.3 Å². The maximum Gasteiger partial charge on any atom is 0.103 e. The van der Waals surface area contributed by atoms with Crippen LogP contribution >= 0.6 is 24.8 Å². The standard InChI is InChI=1S/C18H26N2O2.2ClH/c1-19(2)11-12-22-13-18(21)16-9-10-17(20(3)4)15-8-6-5-7-14(15)16;;/h5-10,18,21H,11-13H2,1-4H3;2*1H.